The van der Waals surface area contributed by atoms with Crippen molar-refractivity contribution < 1.29 is 29.6 Å². The molecule has 6 heteroatoms. The molecule has 1 rings (SSSR count). The van der Waals surface area contributed by atoms with Crippen molar-refractivity contribution >= 4 is 11.9 Å². The number of aliphatic hydroxyl groups is 2. The smallest absolute Gasteiger partial charge is 0.307 e. The third kappa shape index (κ3) is 8.84. The zero-order valence-electron chi connectivity index (χ0n) is 18.8. The summed E-state index contributed by atoms with van der Waals surface area (Å²) >= 11 is 0. The first-order valence-electron chi connectivity index (χ1n) is 10.9. The Kier molecular flexibility index (Phi) is 11.1. The van der Waals surface area contributed by atoms with E-state index < -0.39 is 24.1 Å². The zero-order chi connectivity index (χ0) is 22.7. The van der Waals surface area contributed by atoms with Crippen LogP contribution in [0.5, 0.6) is 0 Å². The summed E-state index contributed by atoms with van der Waals surface area (Å²) in [7, 11) is 0. The Bertz CT molecular complexity index is 659. The van der Waals surface area contributed by atoms with Crippen molar-refractivity contribution in [1.29, 1.82) is 0 Å². The van der Waals surface area contributed by atoms with Crippen LogP contribution in [0, 0.1) is 11.3 Å². The molecule has 0 saturated carbocycles. The summed E-state index contributed by atoms with van der Waals surface area (Å²) in [5.74, 6) is -1.09. The average molecular weight is 423 g/mol. The van der Waals surface area contributed by atoms with Crippen molar-refractivity contribution in [2.24, 2.45) is 11.3 Å². The number of rotatable bonds is 13. The van der Waals surface area contributed by atoms with Crippen LogP contribution in [0.3, 0.4) is 0 Å². The van der Waals surface area contributed by atoms with Crippen LogP contribution in [0.1, 0.15) is 79.1 Å². The molecule has 0 aliphatic heterocycles. The van der Waals surface area contributed by atoms with Gasteiger partial charge in [-0.15, -0.1) is 0 Å². The Labute approximate surface area is 180 Å². The molecule has 0 radical (unpaired) electrons. The Hall–Kier alpha value is -1.92. The minimum absolute atomic E-state index is 0.127. The number of carboxylic acids is 1. The highest BCUT2D eigenvalue weighted by Gasteiger charge is 2.34. The molecule has 1 aliphatic rings. The minimum Gasteiger partial charge on any atom is -0.481 e. The van der Waals surface area contributed by atoms with Gasteiger partial charge in [-0.25, -0.2) is 0 Å². The molecule has 6 nitrogen and oxygen atoms in total. The van der Waals surface area contributed by atoms with Gasteiger partial charge in [-0.3, -0.25) is 9.59 Å². The maximum Gasteiger partial charge on any atom is 0.307 e. The molecule has 0 aromatic carbocycles. The standard InChI is InChI=1S/C24H38O6/c1-5-6-15-24(3,4)22(27)14-13-18-19(11-9-7-8-10-12-23(28)29)21(16-20(18)26)30-17(2)25/h7,9,13-14,18,20,22,26-27H,5-6,8,10-12,15-16H2,1-4H3,(H,28,29)/b9-7-,14-13+/t18-,20-,22+/m1/s1. The predicted molar refractivity (Wildman–Crippen MR) is 117 cm³/mol. The lowest BCUT2D eigenvalue weighted by Crippen LogP contribution is -2.28. The predicted octanol–water partition coefficient (Wildman–Crippen LogP) is 4.52. The van der Waals surface area contributed by atoms with E-state index in [-0.39, 0.29) is 24.2 Å². The van der Waals surface area contributed by atoms with Gasteiger partial charge in [0.05, 0.1) is 12.2 Å². The molecule has 0 fully saturated rings. The van der Waals surface area contributed by atoms with E-state index in [1.807, 2.05) is 32.1 Å². The quantitative estimate of drug-likeness (QED) is 0.229. The van der Waals surface area contributed by atoms with Gasteiger partial charge in [0.25, 0.3) is 0 Å². The summed E-state index contributed by atoms with van der Waals surface area (Å²) in [5.41, 5.74) is 0.560. The largest absolute Gasteiger partial charge is 0.481 e. The van der Waals surface area contributed by atoms with Crippen LogP contribution in [0.4, 0.5) is 0 Å². The van der Waals surface area contributed by atoms with E-state index >= 15 is 0 Å². The van der Waals surface area contributed by atoms with Crippen LogP contribution in [-0.2, 0) is 14.3 Å². The second-order valence-corrected chi connectivity index (χ2v) is 8.72. The summed E-state index contributed by atoms with van der Waals surface area (Å²) in [6.45, 7) is 7.52. The molecule has 0 unspecified atom stereocenters. The van der Waals surface area contributed by atoms with Crippen molar-refractivity contribution in [1.82, 2.24) is 0 Å². The number of aliphatic hydroxyl groups excluding tert-OH is 2. The van der Waals surface area contributed by atoms with Gasteiger partial charge in [-0.1, -0.05) is 57.9 Å². The lowest BCUT2D eigenvalue weighted by atomic mass is 9.80. The number of ether oxygens (including phenoxy) is 1. The second kappa shape index (κ2) is 12.7. The minimum atomic E-state index is -0.812. The fourth-order valence-corrected chi connectivity index (χ4v) is 3.61. The number of esters is 1. The Morgan fingerprint density at radius 2 is 1.97 bits per heavy atom. The van der Waals surface area contributed by atoms with Crippen LogP contribution in [0.25, 0.3) is 0 Å². The van der Waals surface area contributed by atoms with Crippen molar-refractivity contribution in [3.8, 4) is 0 Å². The summed E-state index contributed by atoms with van der Waals surface area (Å²) < 4.78 is 5.33. The monoisotopic (exact) mass is 422 g/mol. The van der Waals surface area contributed by atoms with Gasteiger partial charge in [-0.05, 0) is 36.7 Å². The molecule has 0 bridgehead atoms. The van der Waals surface area contributed by atoms with E-state index in [1.54, 1.807) is 6.08 Å². The maximum atomic E-state index is 11.5. The van der Waals surface area contributed by atoms with Gasteiger partial charge >= 0.3 is 11.9 Å². The number of hydrogen-bond acceptors (Lipinski definition) is 5. The lowest BCUT2D eigenvalue weighted by molar-refractivity contribution is -0.138. The highest BCUT2D eigenvalue weighted by Crippen LogP contribution is 2.37. The Morgan fingerprint density at radius 3 is 2.57 bits per heavy atom. The van der Waals surface area contributed by atoms with Crippen LogP contribution in [0.15, 0.2) is 35.6 Å². The third-order valence-corrected chi connectivity index (χ3v) is 5.58. The van der Waals surface area contributed by atoms with Gasteiger partial charge in [0.2, 0.25) is 0 Å². The summed E-state index contributed by atoms with van der Waals surface area (Å²) in [4.78, 5) is 22.1. The van der Waals surface area contributed by atoms with Gasteiger partial charge in [0.1, 0.15) is 5.76 Å². The van der Waals surface area contributed by atoms with E-state index in [0.717, 1.165) is 24.8 Å². The van der Waals surface area contributed by atoms with Crippen molar-refractivity contribution in [2.75, 3.05) is 0 Å². The van der Waals surface area contributed by atoms with Crippen LogP contribution in [-0.4, -0.2) is 39.5 Å². The number of carboxylic acid groups (broad SMARTS) is 1. The fraction of sp³-hybridized carbons (Fsp3) is 0.667. The molecule has 30 heavy (non-hydrogen) atoms. The molecule has 0 aromatic heterocycles. The van der Waals surface area contributed by atoms with Crippen molar-refractivity contribution in [3.05, 3.63) is 35.6 Å². The lowest BCUT2D eigenvalue weighted by Gasteiger charge is -2.29. The first-order valence-corrected chi connectivity index (χ1v) is 10.9. The van der Waals surface area contributed by atoms with E-state index in [9.17, 15) is 19.8 Å². The molecule has 0 spiro atoms. The van der Waals surface area contributed by atoms with Crippen LogP contribution < -0.4 is 0 Å². The van der Waals surface area contributed by atoms with E-state index in [4.69, 9.17) is 9.84 Å². The number of carbonyl (C=O) groups excluding carboxylic acids is 1. The Balaban J connectivity index is 2.89. The normalized spacial score (nSPS) is 21.0. The number of aliphatic carboxylic acids is 1. The second-order valence-electron chi connectivity index (χ2n) is 8.72. The molecule has 0 aromatic rings. The average Bonchev–Trinajstić information content (AvgIpc) is 2.94. The van der Waals surface area contributed by atoms with Gasteiger partial charge in [-0.2, -0.15) is 0 Å². The molecule has 0 amide bonds. The number of unbranched alkanes of at least 4 members (excludes halogenated alkanes) is 2. The molecule has 0 heterocycles. The van der Waals surface area contributed by atoms with Gasteiger partial charge in [0.15, 0.2) is 0 Å². The van der Waals surface area contributed by atoms with Gasteiger partial charge < -0.3 is 20.1 Å². The summed E-state index contributed by atoms with van der Waals surface area (Å²) in [6.07, 6.45) is 11.2. The summed E-state index contributed by atoms with van der Waals surface area (Å²) in [5, 5.41) is 29.9. The number of allylic oxidation sites excluding steroid dienone is 2. The van der Waals surface area contributed by atoms with Crippen LogP contribution >= 0.6 is 0 Å². The number of hydrogen-bond donors (Lipinski definition) is 3. The first-order chi connectivity index (χ1) is 14.1. The highest BCUT2D eigenvalue weighted by atomic mass is 16.5. The highest BCUT2D eigenvalue weighted by molar-refractivity contribution is 5.67. The molecule has 3 atom stereocenters. The number of carbonyl (C=O) groups is 2. The molecule has 0 saturated heterocycles. The van der Waals surface area contributed by atoms with E-state index in [1.165, 1.54) is 6.92 Å². The van der Waals surface area contributed by atoms with Crippen molar-refractivity contribution in [3.63, 3.8) is 0 Å². The molecule has 3 N–H and O–H groups in total. The topological polar surface area (TPSA) is 104 Å². The van der Waals surface area contributed by atoms with Crippen LogP contribution in [0.2, 0.25) is 0 Å². The molecular formula is C24H38O6. The Morgan fingerprint density at radius 1 is 1.27 bits per heavy atom. The van der Waals surface area contributed by atoms with Gasteiger partial charge in [0, 0.05) is 25.7 Å². The first kappa shape index (κ1) is 26.1. The zero-order valence-corrected chi connectivity index (χ0v) is 18.8. The SMILES string of the molecule is CCCCC(C)(C)[C@@H](O)/C=C/[C@@H]1C(C/C=C\CCCC(=O)O)=C(OC(C)=O)C[C@H]1O. The molecule has 170 valence electrons. The molecule has 1 aliphatic carbocycles. The van der Waals surface area contributed by atoms with E-state index in [0.29, 0.717) is 25.0 Å². The summed E-state index contributed by atoms with van der Waals surface area (Å²) in [6, 6.07) is 0. The third-order valence-electron chi connectivity index (χ3n) is 5.58. The van der Waals surface area contributed by atoms with E-state index in [2.05, 4.69) is 6.92 Å². The van der Waals surface area contributed by atoms with Crippen molar-refractivity contribution in [2.45, 2.75) is 91.3 Å². The fourth-order valence-electron chi connectivity index (χ4n) is 3.61. The molecular weight excluding hydrogens is 384 g/mol. The maximum absolute atomic E-state index is 11.5.